The first-order valence-electron chi connectivity index (χ1n) is 11.1. The predicted molar refractivity (Wildman–Crippen MR) is 132 cm³/mol. The van der Waals surface area contributed by atoms with Crippen LogP contribution < -0.4 is 4.90 Å². The number of aromatic nitrogens is 3. The van der Waals surface area contributed by atoms with Crippen molar-refractivity contribution in [1.82, 2.24) is 15.0 Å². The molecule has 188 valence electrons. The Kier molecular flexibility index (Phi) is 7.08. The summed E-state index contributed by atoms with van der Waals surface area (Å²) in [6.07, 6.45) is 2.88. The molecule has 1 aliphatic rings. The summed E-state index contributed by atoms with van der Waals surface area (Å²) in [6.45, 7) is 6.62. The summed E-state index contributed by atoms with van der Waals surface area (Å²) in [4.78, 5) is 14.3. The molecular weight excluding hydrogens is 490 g/mol. The molecular formula is C26H25ClF2N4O3. The van der Waals surface area contributed by atoms with Crippen LogP contribution in [0.25, 0.3) is 11.4 Å². The Morgan fingerprint density at radius 3 is 2.56 bits per heavy atom. The minimum absolute atomic E-state index is 0.0111. The van der Waals surface area contributed by atoms with E-state index < -0.39 is 23.5 Å². The summed E-state index contributed by atoms with van der Waals surface area (Å²) < 4.78 is 32.6. The van der Waals surface area contributed by atoms with E-state index in [9.17, 15) is 19.0 Å². The lowest BCUT2D eigenvalue weighted by Gasteiger charge is -2.35. The van der Waals surface area contributed by atoms with E-state index in [1.54, 1.807) is 62.2 Å². The number of hydrogen-bond acceptors (Lipinski definition) is 7. The first-order valence-corrected chi connectivity index (χ1v) is 11.5. The molecule has 1 aliphatic heterocycles. The van der Waals surface area contributed by atoms with Gasteiger partial charge in [-0.2, -0.15) is 0 Å². The third-order valence-electron chi connectivity index (χ3n) is 5.65. The second kappa shape index (κ2) is 9.93. The Bertz CT molecular complexity index is 1370. The molecule has 10 heteroatoms. The highest BCUT2D eigenvalue weighted by Crippen LogP contribution is 2.36. The van der Waals surface area contributed by atoms with Crippen molar-refractivity contribution in [3.63, 3.8) is 0 Å². The third kappa shape index (κ3) is 5.23. The number of aliphatic hydroxyl groups excluding tert-OH is 1. The highest BCUT2D eigenvalue weighted by molar-refractivity contribution is 6.31. The van der Waals surface area contributed by atoms with E-state index >= 15 is 0 Å². The Morgan fingerprint density at radius 2 is 1.86 bits per heavy atom. The first kappa shape index (κ1) is 25.7. The Labute approximate surface area is 212 Å². The van der Waals surface area contributed by atoms with Gasteiger partial charge < -0.3 is 19.8 Å². The number of allylic oxidation sites excluding steroid dienone is 2. The normalized spacial score (nSPS) is 16.3. The van der Waals surface area contributed by atoms with Crippen LogP contribution in [0.4, 0.5) is 14.5 Å². The first-order chi connectivity index (χ1) is 17.0. The molecule has 0 spiro atoms. The van der Waals surface area contributed by atoms with Crippen molar-refractivity contribution >= 4 is 17.3 Å². The highest BCUT2D eigenvalue weighted by Gasteiger charge is 2.30. The van der Waals surface area contributed by atoms with Crippen molar-refractivity contribution in [3.8, 4) is 11.4 Å². The second-order valence-corrected chi connectivity index (χ2v) is 9.34. The summed E-state index contributed by atoms with van der Waals surface area (Å²) in [5.74, 6) is -1.48. The van der Waals surface area contributed by atoms with Crippen LogP contribution in [0, 0.1) is 18.6 Å². The lowest BCUT2D eigenvalue weighted by Crippen LogP contribution is -2.37. The van der Waals surface area contributed by atoms with Crippen molar-refractivity contribution in [3.05, 3.63) is 93.9 Å². The summed E-state index contributed by atoms with van der Waals surface area (Å²) in [5, 5.41) is 21.4. The van der Waals surface area contributed by atoms with Gasteiger partial charge in [-0.3, -0.25) is 9.97 Å². The van der Waals surface area contributed by atoms with Crippen LogP contribution in [-0.2, 0) is 16.9 Å². The molecule has 2 N–H and O–H groups in total. The van der Waals surface area contributed by atoms with Crippen LogP contribution in [0.2, 0.25) is 0 Å². The van der Waals surface area contributed by atoms with Gasteiger partial charge in [-0.05, 0) is 51.5 Å². The molecule has 36 heavy (non-hydrogen) atoms. The van der Waals surface area contributed by atoms with Crippen LogP contribution in [0.1, 0.15) is 37.7 Å². The zero-order valence-electron chi connectivity index (χ0n) is 20.1. The van der Waals surface area contributed by atoms with E-state index in [0.717, 1.165) is 17.8 Å². The van der Waals surface area contributed by atoms with Crippen LogP contribution in [-0.4, -0.2) is 31.4 Å². The molecule has 0 saturated carbocycles. The molecule has 7 nitrogen and oxygen atoms in total. The van der Waals surface area contributed by atoms with E-state index in [2.05, 4.69) is 15.0 Å². The van der Waals surface area contributed by atoms with Crippen LogP contribution >= 0.6 is 11.6 Å². The summed E-state index contributed by atoms with van der Waals surface area (Å²) >= 11 is 6.44. The van der Waals surface area contributed by atoms with Crippen molar-refractivity contribution in [2.45, 2.75) is 46.1 Å². The third-order valence-corrected chi connectivity index (χ3v) is 6.03. The van der Waals surface area contributed by atoms with Gasteiger partial charge in [-0.25, -0.2) is 13.8 Å². The lowest BCUT2D eigenvalue weighted by molar-refractivity contribution is 0.0740. The maximum absolute atomic E-state index is 13.9. The fourth-order valence-corrected chi connectivity index (χ4v) is 3.93. The van der Waals surface area contributed by atoms with Gasteiger partial charge >= 0.3 is 0 Å². The largest absolute Gasteiger partial charge is 0.486 e. The quantitative estimate of drug-likeness (QED) is 0.475. The Balaban J connectivity index is 1.63. The molecule has 3 aromatic heterocycles. The van der Waals surface area contributed by atoms with Gasteiger partial charge in [0.2, 0.25) is 0 Å². The maximum Gasteiger partial charge on any atom is 0.171 e. The van der Waals surface area contributed by atoms with Crippen molar-refractivity contribution in [1.29, 1.82) is 0 Å². The Morgan fingerprint density at radius 1 is 1.11 bits per heavy atom. The van der Waals surface area contributed by atoms with Gasteiger partial charge in [0, 0.05) is 24.0 Å². The van der Waals surface area contributed by atoms with Gasteiger partial charge in [0.15, 0.2) is 12.0 Å². The SMILES string of the molecule is CC1=CC(OCc2ncc(F)cc2F)=C(Cl)C(O)N1c1cc(-c2cccc(C(C)(C)O)n2)ncc1C. The highest BCUT2D eigenvalue weighted by atomic mass is 35.5. The minimum Gasteiger partial charge on any atom is -0.486 e. The van der Waals surface area contributed by atoms with E-state index in [1.807, 2.05) is 6.92 Å². The molecule has 4 heterocycles. The number of hydrogen-bond donors (Lipinski definition) is 2. The fourth-order valence-electron chi connectivity index (χ4n) is 3.72. The number of aryl methyl sites for hydroxylation is 1. The summed E-state index contributed by atoms with van der Waals surface area (Å²) in [6, 6.07) is 7.81. The molecule has 0 amide bonds. The number of pyridine rings is 3. The van der Waals surface area contributed by atoms with Crippen LogP contribution in [0.5, 0.6) is 0 Å². The summed E-state index contributed by atoms with van der Waals surface area (Å²) in [7, 11) is 0. The minimum atomic E-state index is -1.29. The molecule has 0 saturated heterocycles. The zero-order valence-corrected chi connectivity index (χ0v) is 20.9. The zero-order chi connectivity index (χ0) is 26.2. The van der Waals surface area contributed by atoms with Gasteiger partial charge in [-0.1, -0.05) is 17.7 Å². The van der Waals surface area contributed by atoms with E-state index in [0.29, 0.717) is 28.5 Å². The number of halogens is 3. The van der Waals surface area contributed by atoms with Crippen molar-refractivity contribution in [2.75, 3.05) is 4.90 Å². The van der Waals surface area contributed by atoms with E-state index in [-0.39, 0.29) is 23.1 Å². The molecule has 1 atom stereocenters. The van der Waals surface area contributed by atoms with Gasteiger partial charge in [-0.15, -0.1) is 0 Å². The van der Waals surface area contributed by atoms with E-state index in [4.69, 9.17) is 16.3 Å². The number of ether oxygens (including phenoxy) is 1. The monoisotopic (exact) mass is 514 g/mol. The summed E-state index contributed by atoms with van der Waals surface area (Å²) in [5.41, 5.74) is 2.41. The van der Waals surface area contributed by atoms with Crippen LogP contribution in [0.15, 0.2) is 65.3 Å². The second-order valence-electron chi connectivity index (χ2n) is 8.94. The molecule has 1 unspecified atom stereocenters. The van der Waals surface area contributed by atoms with Crippen LogP contribution in [0.3, 0.4) is 0 Å². The smallest absolute Gasteiger partial charge is 0.171 e. The van der Waals surface area contributed by atoms with Gasteiger partial charge in [0.05, 0.1) is 29.0 Å². The topological polar surface area (TPSA) is 91.6 Å². The maximum atomic E-state index is 13.9. The van der Waals surface area contributed by atoms with Gasteiger partial charge in [0.25, 0.3) is 0 Å². The number of aliphatic hydroxyl groups is 2. The van der Waals surface area contributed by atoms with Gasteiger partial charge in [0.1, 0.15) is 34.5 Å². The fraction of sp³-hybridized carbons (Fsp3) is 0.269. The van der Waals surface area contributed by atoms with E-state index in [1.165, 1.54) is 0 Å². The molecule has 0 aromatic carbocycles. The Hall–Kier alpha value is -3.40. The average molecular weight is 515 g/mol. The predicted octanol–water partition coefficient (Wildman–Crippen LogP) is 5.06. The molecule has 0 aliphatic carbocycles. The van der Waals surface area contributed by atoms with Crippen molar-refractivity contribution < 1.29 is 23.7 Å². The number of anilines is 1. The standard InChI is InChI=1S/C26H25ClF2N4O3/c1-14-11-30-19(18-6-5-7-23(32-18)26(3,4)35)10-21(14)33-15(2)8-22(24(27)25(33)34)36-13-20-17(29)9-16(28)12-31-20/h5-12,25,34-35H,13H2,1-4H3. The molecule has 0 bridgehead atoms. The average Bonchev–Trinajstić information content (AvgIpc) is 2.82. The molecule has 4 rings (SSSR count). The molecule has 3 aromatic rings. The van der Waals surface area contributed by atoms with Crippen molar-refractivity contribution in [2.24, 2.45) is 0 Å². The number of rotatable bonds is 6. The molecule has 0 fully saturated rings. The number of nitrogens with zero attached hydrogens (tertiary/aromatic N) is 4. The molecule has 0 radical (unpaired) electrons. The lowest BCUT2D eigenvalue weighted by atomic mass is 10.0.